The highest BCUT2D eigenvalue weighted by Crippen LogP contribution is 2.30. The van der Waals surface area contributed by atoms with Crippen molar-refractivity contribution in [3.8, 4) is 11.7 Å². The molecule has 2 heterocycles. The van der Waals surface area contributed by atoms with Gasteiger partial charge in [0.2, 0.25) is 0 Å². The lowest BCUT2D eigenvalue weighted by Crippen LogP contribution is -2.10. The third-order valence-electron chi connectivity index (χ3n) is 2.82. The molecule has 1 amide bonds. The predicted octanol–water partition coefficient (Wildman–Crippen LogP) is 3.71. The lowest BCUT2D eigenvalue weighted by Gasteiger charge is -2.03. The number of carbonyl (C=O) groups excluding carboxylic acids is 1. The number of nitrogens with one attached hydrogen (secondary N) is 1. The van der Waals surface area contributed by atoms with Crippen molar-refractivity contribution in [2.45, 2.75) is 0 Å². The maximum Gasteiger partial charge on any atom is 0.291 e. The minimum absolute atomic E-state index is 0.130. The molecule has 0 saturated carbocycles. The topological polar surface area (TPSA) is 69.3 Å². The molecular formula is C15H12ClN3O3. The molecule has 1 aromatic carbocycles. The van der Waals surface area contributed by atoms with Crippen molar-refractivity contribution in [1.82, 2.24) is 9.78 Å². The van der Waals surface area contributed by atoms with Gasteiger partial charge in [0.05, 0.1) is 16.9 Å². The van der Waals surface area contributed by atoms with Gasteiger partial charge in [-0.25, -0.2) is 0 Å². The van der Waals surface area contributed by atoms with Gasteiger partial charge in [-0.1, -0.05) is 23.7 Å². The number of aromatic nitrogens is 2. The Balaban J connectivity index is 1.70. The van der Waals surface area contributed by atoms with Crippen LogP contribution in [0.25, 0.3) is 0 Å². The minimum Gasteiger partial charge on any atom is -0.424 e. The van der Waals surface area contributed by atoms with E-state index in [1.807, 2.05) is 0 Å². The third kappa shape index (κ3) is 3.12. The number of rotatable bonds is 4. The van der Waals surface area contributed by atoms with Crippen molar-refractivity contribution in [3.05, 3.63) is 59.6 Å². The normalized spacial score (nSPS) is 10.5. The van der Waals surface area contributed by atoms with E-state index in [2.05, 4.69) is 10.4 Å². The van der Waals surface area contributed by atoms with Gasteiger partial charge in [-0.15, -0.1) is 0 Å². The van der Waals surface area contributed by atoms with Gasteiger partial charge < -0.3 is 14.5 Å². The van der Waals surface area contributed by atoms with E-state index in [1.54, 1.807) is 54.5 Å². The van der Waals surface area contributed by atoms with Crippen molar-refractivity contribution < 1.29 is 13.9 Å². The average Bonchev–Trinajstić information content (AvgIpc) is 3.11. The third-order valence-corrected chi connectivity index (χ3v) is 3.13. The summed E-state index contributed by atoms with van der Waals surface area (Å²) < 4.78 is 12.4. The van der Waals surface area contributed by atoms with Crippen LogP contribution in [0.4, 0.5) is 5.69 Å². The van der Waals surface area contributed by atoms with Crippen LogP contribution in [0.5, 0.6) is 11.7 Å². The lowest BCUT2D eigenvalue weighted by atomic mass is 10.3. The second-order valence-corrected chi connectivity index (χ2v) is 4.92. The highest BCUT2D eigenvalue weighted by atomic mass is 35.5. The first kappa shape index (κ1) is 14.2. The van der Waals surface area contributed by atoms with E-state index in [0.717, 1.165) is 0 Å². The van der Waals surface area contributed by atoms with Crippen LogP contribution in [0.15, 0.2) is 53.2 Å². The van der Waals surface area contributed by atoms with E-state index in [-0.39, 0.29) is 17.6 Å². The molecule has 112 valence electrons. The molecule has 2 aromatic heterocycles. The Morgan fingerprint density at radius 3 is 2.86 bits per heavy atom. The summed E-state index contributed by atoms with van der Waals surface area (Å²) in [5.41, 5.74) is 0.581. The van der Waals surface area contributed by atoms with Crippen LogP contribution in [0.1, 0.15) is 10.6 Å². The first-order chi connectivity index (χ1) is 10.6. The SMILES string of the molecule is Cn1cc(NC(=O)c2ccc(Oc3ccccc3Cl)o2)cn1. The minimum atomic E-state index is -0.387. The number of aryl methyl sites for hydroxylation is 1. The summed E-state index contributed by atoms with van der Waals surface area (Å²) in [6, 6.07) is 10.1. The summed E-state index contributed by atoms with van der Waals surface area (Å²) in [7, 11) is 1.76. The number of benzene rings is 1. The summed E-state index contributed by atoms with van der Waals surface area (Å²) >= 11 is 6.00. The highest BCUT2D eigenvalue weighted by molar-refractivity contribution is 6.32. The molecule has 0 bridgehead atoms. The van der Waals surface area contributed by atoms with Gasteiger partial charge in [0, 0.05) is 19.3 Å². The number of anilines is 1. The molecule has 0 aliphatic heterocycles. The monoisotopic (exact) mass is 317 g/mol. The van der Waals surface area contributed by atoms with Gasteiger partial charge in [0.15, 0.2) is 5.76 Å². The number of ether oxygens (including phenoxy) is 1. The van der Waals surface area contributed by atoms with Crippen LogP contribution in [-0.4, -0.2) is 15.7 Å². The Kier molecular flexibility index (Phi) is 3.84. The fraction of sp³-hybridized carbons (Fsp3) is 0.0667. The lowest BCUT2D eigenvalue weighted by molar-refractivity contribution is 0.0992. The number of furan rings is 1. The molecule has 0 aliphatic rings. The highest BCUT2D eigenvalue weighted by Gasteiger charge is 2.14. The van der Waals surface area contributed by atoms with E-state index in [4.69, 9.17) is 20.8 Å². The Bertz CT molecular complexity index is 810. The zero-order valence-electron chi connectivity index (χ0n) is 11.6. The first-order valence-electron chi connectivity index (χ1n) is 6.44. The van der Waals surface area contributed by atoms with Gasteiger partial charge in [0.1, 0.15) is 5.75 Å². The summed E-state index contributed by atoms with van der Waals surface area (Å²) in [5.74, 6) is 0.384. The van der Waals surface area contributed by atoms with E-state index >= 15 is 0 Å². The molecule has 3 rings (SSSR count). The van der Waals surface area contributed by atoms with Crippen LogP contribution in [-0.2, 0) is 7.05 Å². The number of para-hydroxylation sites is 1. The van der Waals surface area contributed by atoms with Gasteiger partial charge in [-0.2, -0.15) is 5.10 Å². The Hall–Kier alpha value is -2.73. The Morgan fingerprint density at radius 2 is 2.14 bits per heavy atom. The van der Waals surface area contributed by atoms with Crippen LogP contribution < -0.4 is 10.1 Å². The van der Waals surface area contributed by atoms with E-state index < -0.39 is 0 Å². The first-order valence-corrected chi connectivity index (χ1v) is 6.82. The second kappa shape index (κ2) is 5.95. The van der Waals surface area contributed by atoms with Gasteiger partial charge in [0.25, 0.3) is 11.9 Å². The fourth-order valence-electron chi connectivity index (χ4n) is 1.81. The molecule has 0 saturated heterocycles. The predicted molar refractivity (Wildman–Crippen MR) is 81.4 cm³/mol. The number of halogens is 1. The summed E-state index contributed by atoms with van der Waals surface area (Å²) in [6.07, 6.45) is 3.23. The van der Waals surface area contributed by atoms with Crippen molar-refractivity contribution in [2.24, 2.45) is 7.05 Å². The number of hydrogen-bond donors (Lipinski definition) is 1. The van der Waals surface area contributed by atoms with Crippen molar-refractivity contribution in [1.29, 1.82) is 0 Å². The summed E-state index contributed by atoms with van der Waals surface area (Å²) in [6.45, 7) is 0. The van der Waals surface area contributed by atoms with Crippen LogP contribution in [0, 0.1) is 0 Å². The molecule has 0 aliphatic carbocycles. The molecule has 0 fully saturated rings. The number of nitrogens with zero attached hydrogens (tertiary/aromatic N) is 2. The summed E-state index contributed by atoms with van der Waals surface area (Å²) in [5, 5.41) is 7.09. The molecule has 22 heavy (non-hydrogen) atoms. The Morgan fingerprint density at radius 1 is 1.32 bits per heavy atom. The van der Waals surface area contributed by atoms with Crippen LogP contribution in [0.2, 0.25) is 5.02 Å². The van der Waals surface area contributed by atoms with Gasteiger partial charge >= 0.3 is 0 Å². The van der Waals surface area contributed by atoms with E-state index in [9.17, 15) is 4.79 Å². The Labute approximate surface area is 131 Å². The maximum atomic E-state index is 12.0. The molecular weight excluding hydrogens is 306 g/mol. The van der Waals surface area contributed by atoms with Crippen LogP contribution in [0.3, 0.4) is 0 Å². The zero-order chi connectivity index (χ0) is 15.5. The zero-order valence-corrected chi connectivity index (χ0v) is 12.4. The quantitative estimate of drug-likeness (QED) is 0.796. The molecule has 0 spiro atoms. The molecule has 6 nitrogen and oxygen atoms in total. The van der Waals surface area contributed by atoms with E-state index in [0.29, 0.717) is 16.5 Å². The standard InChI is InChI=1S/C15H12ClN3O3/c1-19-9-10(8-17-19)18-15(20)13-6-7-14(22-13)21-12-5-3-2-4-11(12)16/h2-9H,1H3,(H,18,20). The average molecular weight is 318 g/mol. The maximum absolute atomic E-state index is 12.0. The number of hydrogen-bond acceptors (Lipinski definition) is 4. The largest absolute Gasteiger partial charge is 0.424 e. The molecule has 0 radical (unpaired) electrons. The smallest absolute Gasteiger partial charge is 0.291 e. The van der Waals surface area contributed by atoms with Crippen molar-refractivity contribution >= 4 is 23.2 Å². The molecule has 0 unspecified atom stereocenters. The molecule has 1 N–H and O–H groups in total. The van der Waals surface area contributed by atoms with E-state index in [1.165, 1.54) is 6.07 Å². The number of carbonyl (C=O) groups is 1. The van der Waals surface area contributed by atoms with Crippen molar-refractivity contribution in [3.63, 3.8) is 0 Å². The van der Waals surface area contributed by atoms with Crippen LogP contribution >= 0.6 is 11.6 Å². The molecule has 7 heteroatoms. The number of amides is 1. The van der Waals surface area contributed by atoms with Gasteiger partial charge in [-0.3, -0.25) is 9.48 Å². The molecule has 0 atom stereocenters. The van der Waals surface area contributed by atoms with Crippen molar-refractivity contribution in [2.75, 3.05) is 5.32 Å². The molecule has 3 aromatic rings. The van der Waals surface area contributed by atoms with Gasteiger partial charge in [-0.05, 0) is 18.2 Å². The summed E-state index contributed by atoms with van der Waals surface area (Å²) in [4.78, 5) is 12.0. The second-order valence-electron chi connectivity index (χ2n) is 4.51. The fourth-order valence-corrected chi connectivity index (χ4v) is 1.99.